The quantitative estimate of drug-likeness (QED) is 0.366. The van der Waals surface area contributed by atoms with Crippen molar-refractivity contribution < 1.29 is 22.7 Å². The Kier molecular flexibility index (Phi) is 8.50. The van der Waals surface area contributed by atoms with Gasteiger partial charge in [0, 0.05) is 19.2 Å². The van der Waals surface area contributed by atoms with Gasteiger partial charge in [-0.15, -0.1) is 0 Å². The zero-order chi connectivity index (χ0) is 25.6. The molecule has 0 aliphatic carbocycles. The maximum atomic E-state index is 13.1. The van der Waals surface area contributed by atoms with Crippen LogP contribution in [-0.2, 0) is 14.8 Å². The largest absolute Gasteiger partial charge is 0.383 e. The number of halogens is 1. The van der Waals surface area contributed by atoms with Gasteiger partial charge < -0.3 is 15.4 Å². The lowest BCUT2D eigenvalue weighted by molar-refractivity contribution is 0.0938. The van der Waals surface area contributed by atoms with Crippen LogP contribution < -0.4 is 15.4 Å². The minimum absolute atomic E-state index is 0.0303. The fourth-order valence-corrected chi connectivity index (χ4v) is 4.91. The number of ether oxygens (including phenoxy) is 1. The molecule has 35 heavy (non-hydrogen) atoms. The molecule has 3 aromatic carbocycles. The summed E-state index contributed by atoms with van der Waals surface area (Å²) in [6.45, 7) is 4.34. The third-order valence-corrected chi connectivity index (χ3v) is 7.19. The first-order chi connectivity index (χ1) is 16.6. The summed E-state index contributed by atoms with van der Waals surface area (Å²) in [5, 5.41) is 5.34. The van der Waals surface area contributed by atoms with Crippen LogP contribution in [0.4, 0.5) is 11.4 Å². The lowest BCUT2D eigenvalue weighted by Crippen LogP contribution is -2.28. The number of nitrogens with one attached hydrogen (secondary N) is 3. The van der Waals surface area contributed by atoms with Crippen LogP contribution in [0.25, 0.3) is 0 Å². The second kappa shape index (κ2) is 11.4. The first kappa shape index (κ1) is 26.2. The van der Waals surface area contributed by atoms with E-state index in [0.717, 1.165) is 11.1 Å². The highest BCUT2D eigenvalue weighted by Crippen LogP contribution is 2.28. The van der Waals surface area contributed by atoms with Gasteiger partial charge in [0.05, 0.1) is 28.6 Å². The van der Waals surface area contributed by atoms with Gasteiger partial charge in [-0.05, 0) is 61.4 Å². The third kappa shape index (κ3) is 6.39. The van der Waals surface area contributed by atoms with E-state index in [9.17, 15) is 18.0 Å². The van der Waals surface area contributed by atoms with E-state index < -0.39 is 15.9 Å². The van der Waals surface area contributed by atoms with Crippen LogP contribution in [-0.4, -0.2) is 40.5 Å². The average molecular weight is 516 g/mol. The second-order valence-electron chi connectivity index (χ2n) is 7.75. The summed E-state index contributed by atoms with van der Waals surface area (Å²) in [5.41, 5.74) is 2.72. The van der Waals surface area contributed by atoms with E-state index in [-0.39, 0.29) is 32.6 Å². The van der Waals surface area contributed by atoms with Crippen molar-refractivity contribution in [1.82, 2.24) is 5.32 Å². The van der Waals surface area contributed by atoms with Gasteiger partial charge in [0.1, 0.15) is 4.90 Å². The Bertz CT molecular complexity index is 1360. The van der Waals surface area contributed by atoms with Gasteiger partial charge in [-0.3, -0.25) is 14.3 Å². The molecule has 3 N–H and O–H groups in total. The topological polar surface area (TPSA) is 114 Å². The summed E-state index contributed by atoms with van der Waals surface area (Å²) in [6, 6.07) is 15.7. The van der Waals surface area contributed by atoms with Crippen molar-refractivity contribution in [2.24, 2.45) is 0 Å². The van der Waals surface area contributed by atoms with E-state index in [0.29, 0.717) is 18.8 Å². The molecule has 10 heteroatoms. The molecule has 0 fully saturated rings. The zero-order valence-electron chi connectivity index (χ0n) is 19.5. The van der Waals surface area contributed by atoms with Crippen molar-refractivity contribution in [3.8, 4) is 0 Å². The maximum Gasteiger partial charge on any atom is 0.263 e. The number of hydrogen-bond acceptors (Lipinski definition) is 5. The summed E-state index contributed by atoms with van der Waals surface area (Å²) < 4.78 is 33.7. The van der Waals surface area contributed by atoms with Gasteiger partial charge >= 0.3 is 0 Å². The molecule has 3 aromatic rings. The van der Waals surface area contributed by atoms with Crippen LogP contribution in [0.15, 0.2) is 65.6 Å². The molecule has 0 unspecified atom stereocenters. The number of amides is 2. The first-order valence-corrected chi connectivity index (χ1v) is 12.6. The minimum atomic E-state index is -4.08. The predicted molar refractivity (Wildman–Crippen MR) is 137 cm³/mol. The number of anilines is 2. The Morgan fingerprint density at radius 2 is 1.66 bits per heavy atom. The standard InChI is InChI=1S/C25H26ClN3O5S/c1-16-7-6-10-21(17(16)2)29-35(32,33)23-15-18(11-12-20(23)26)24(30)28-22-9-5-4-8-19(22)25(31)27-13-14-34-3/h4-12,15,29H,13-14H2,1-3H3,(H,27,31)(H,28,30). The van der Waals surface area contributed by atoms with Crippen LogP contribution in [0.1, 0.15) is 31.8 Å². The predicted octanol–water partition coefficient (Wildman–Crippen LogP) is 4.39. The number of methoxy groups -OCH3 is 1. The number of rotatable bonds is 9. The molecule has 3 rings (SSSR count). The molecular formula is C25H26ClN3O5S. The molecule has 0 spiro atoms. The van der Waals surface area contributed by atoms with Crippen LogP contribution in [0.3, 0.4) is 0 Å². The molecule has 0 aromatic heterocycles. The number of carbonyl (C=O) groups is 2. The summed E-state index contributed by atoms with van der Waals surface area (Å²) in [6.07, 6.45) is 0. The van der Waals surface area contributed by atoms with E-state index in [1.807, 2.05) is 19.9 Å². The average Bonchev–Trinajstić information content (AvgIpc) is 2.82. The Labute approximate surface area is 209 Å². The molecule has 0 atom stereocenters. The summed E-state index contributed by atoms with van der Waals surface area (Å²) in [5.74, 6) is -0.975. The summed E-state index contributed by atoms with van der Waals surface area (Å²) in [7, 11) is -2.56. The second-order valence-corrected chi connectivity index (χ2v) is 9.80. The van der Waals surface area contributed by atoms with Crippen molar-refractivity contribution in [3.63, 3.8) is 0 Å². The third-order valence-electron chi connectivity index (χ3n) is 5.34. The lowest BCUT2D eigenvalue weighted by Gasteiger charge is -2.14. The first-order valence-electron chi connectivity index (χ1n) is 10.7. The molecule has 0 saturated heterocycles. The molecule has 0 heterocycles. The van der Waals surface area contributed by atoms with Crippen LogP contribution in [0.5, 0.6) is 0 Å². The SMILES string of the molecule is COCCNC(=O)c1ccccc1NC(=O)c1ccc(Cl)c(S(=O)(=O)Nc2cccc(C)c2C)c1. The van der Waals surface area contributed by atoms with E-state index in [1.54, 1.807) is 36.4 Å². The zero-order valence-corrected chi connectivity index (χ0v) is 21.1. The number of para-hydroxylation sites is 1. The van der Waals surface area contributed by atoms with E-state index >= 15 is 0 Å². The van der Waals surface area contributed by atoms with Crippen LogP contribution in [0.2, 0.25) is 5.02 Å². The van der Waals surface area contributed by atoms with Crippen molar-refractivity contribution >= 4 is 44.8 Å². The monoisotopic (exact) mass is 515 g/mol. The Morgan fingerprint density at radius 1 is 0.943 bits per heavy atom. The molecule has 0 radical (unpaired) electrons. The fraction of sp³-hybridized carbons (Fsp3) is 0.200. The Hall–Kier alpha value is -3.40. The normalized spacial score (nSPS) is 11.1. The smallest absolute Gasteiger partial charge is 0.263 e. The fourth-order valence-electron chi connectivity index (χ4n) is 3.26. The molecular weight excluding hydrogens is 490 g/mol. The van der Waals surface area contributed by atoms with Crippen LogP contribution >= 0.6 is 11.6 Å². The maximum absolute atomic E-state index is 13.1. The van der Waals surface area contributed by atoms with E-state index in [2.05, 4.69) is 15.4 Å². The van der Waals surface area contributed by atoms with E-state index in [1.165, 1.54) is 25.3 Å². The number of sulfonamides is 1. The molecule has 0 aliphatic heterocycles. The molecule has 0 saturated carbocycles. The lowest BCUT2D eigenvalue weighted by atomic mass is 10.1. The van der Waals surface area contributed by atoms with Crippen LogP contribution in [0, 0.1) is 13.8 Å². The van der Waals surface area contributed by atoms with Gasteiger partial charge in [-0.25, -0.2) is 8.42 Å². The van der Waals surface area contributed by atoms with Crippen molar-refractivity contribution in [1.29, 1.82) is 0 Å². The number of benzene rings is 3. The molecule has 0 aliphatic rings. The Balaban J connectivity index is 1.86. The molecule has 0 bridgehead atoms. The molecule has 8 nitrogen and oxygen atoms in total. The van der Waals surface area contributed by atoms with Crippen molar-refractivity contribution in [3.05, 3.63) is 87.9 Å². The molecule has 184 valence electrons. The van der Waals surface area contributed by atoms with Gasteiger partial charge in [0.2, 0.25) is 0 Å². The number of aryl methyl sites for hydroxylation is 1. The highest BCUT2D eigenvalue weighted by Gasteiger charge is 2.22. The number of hydrogen-bond donors (Lipinski definition) is 3. The Morgan fingerprint density at radius 3 is 2.40 bits per heavy atom. The number of carbonyl (C=O) groups excluding carboxylic acids is 2. The van der Waals surface area contributed by atoms with E-state index in [4.69, 9.17) is 16.3 Å². The highest BCUT2D eigenvalue weighted by atomic mass is 35.5. The molecule has 2 amide bonds. The van der Waals surface area contributed by atoms with Crippen molar-refractivity contribution in [2.75, 3.05) is 30.3 Å². The van der Waals surface area contributed by atoms with Gasteiger partial charge in [0.15, 0.2) is 0 Å². The van der Waals surface area contributed by atoms with Gasteiger partial charge in [0.25, 0.3) is 21.8 Å². The summed E-state index contributed by atoms with van der Waals surface area (Å²) >= 11 is 6.20. The highest BCUT2D eigenvalue weighted by molar-refractivity contribution is 7.92. The van der Waals surface area contributed by atoms with Gasteiger partial charge in [-0.2, -0.15) is 0 Å². The van der Waals surface area contributed by atoms with Crippen molar-refractivity contribution in [2.45, 2.75) is 18.7 Å². The minimum Gasteiger partial charge on any atom is -0.383 e. The van der Waals surface area contributed by atoms with Gasteiger partial charge in [-0.1, -0.05) is 35.9 Å². The summed E-state index contributed by atoms with van der Waals surface area (Å²) in [4.78, 5) is 25.2.